The maximum Gasteiger partial charge on any atom is 0.0348 e. The number of hydrogen-bond acceptors (Lipinski definition) is 0. The maximum atomic E-state index is 2.30. The average molecular weight is 162 g/mol. The Balaban J connectivity index is 2.61. The maximum absolute atomic E-state index is 2.30. The summed E-state index contributed by atoms with van der Waals surface area (Å²) < 4.78 is 0. The molecule has 0 aliphatic rings. The molecule has 1 aromatic rings. The molecule has 0 nitrogen and oxygen atoms in total. The molecule has 11 heavy (non-hydrogen) atoms. The first kappa shape index (κ1) is 8.53. The fourth-order valence-corrected chi connectivity index (χ4v) is 2.05. The summed E-state index contributed by atoms with van der Waals surface area (Å²) in [6, 6.07) is 12.1. The molecular weight excluding hydrogens is 148 g/mol. The van der Waals surface area contributed by atoms with E-state index in [0.29, 0.717) is 0 Å². The van der Waals surface area contributed by atoms with Crippen LogP contribution in [-0.2, 0) is 0 Å². The Hall–Kier alpha value is -0.563. The molecule has 1 heteroatoms. The molecule has 0 spiro atoms. The first-order valence-corrected chi connectivity index (χ1v) is 5.75. The molecule has 1 unspecified atom stereocenters. The predicted molar refractivity (Wildman–Crippen MR) is 51.3 cm³/mol. The van der Waals surface area contributed by atoms with Gasteiger partial charge in [-0.05, 0) is 11.5 Å². The zero-order chi connectivity index (χ0) is 8.10. The van der Waals surface area contributed by atoms with Crippen molar-refractivity contribution < 1.29 is 0 Å². The van der Waals surface area contributed by atoms with E-state index in [9.17, 15) is 0 Å². The van der Waals surface area contributed by atoms with Gasteiger partial charge in [0.15, 0.2) is 0 Å². The number of rotatable bonds is 3. The van der Waals surface area contributed by atoms with Gasteiger partial charge in [-0.3, -0.25) is 0 Å². The van der Waals surface area contributed by atoms with Gasteiger partial charge in [0.2, 0.25) is 0 Å². The van der Waals surface area contributed by atoms with E-state index >= 15 is 0 Å². The zero-order valence-corrected chi connectivity index (χ0v) is 8.17. The van der Waals surface area contributed by atoms with E-state index in [1.54, 1.807) is 0 Å². The van der Waals surface area contributed by atoms with Crippen LogP contribution in [0.15, 0.2) is 30.3 Å². The highest BCUT2D eigenvalue weighted by molar-refractivity contribution is 6.33. The molecule has 0 aliphatic heterocycles. The largest absolute Gasteiger partial charge is 0.0733 e. The molecule has 0 heterocycles. The number of benzene rings is 1. The van der Waals surface area contributed by atoms with Crippen molar-refractivity contribution in [1.29, 1.82) is 0 Å². The third-order valence-electron chi connectivity index (χ3n) is 1.88. The molecule has 2 radical (unpaired) electrons. The second-order valence-electron chi connectivity index (χ2n) is 2.87. The third-order valence-corrected chi connectivity index (χ3v) is 2.90. The highest BCUT2D eigenvalue weighted by atomic mass is 28.2. The summed E-state index contributed by atoms with van der Waals surface area (Å²) in [7, 11) is 1.06. The first-order chi connectivity index (χ1) is 5.34. The predicted octanol–water partition coefficient (Wildman–Crippen LogP) is 2.96. The van der Waals surface area contributed by atoms with Gasteiger partial charge in [-0.25, -0.2) is 0 Å². The fourth-order valence-electron chi connectivity index (χ4n) is 1.21. The van der Waals surface area contributed by atoms with Crippen molar-refractivity contribution in [1.82, 2.24) is 0 Å². The van der Waals surface area contributed by atoms with Crippen molar-refractivity contribution >= 4 is 9.52 Å². The SMILES string of the molecule is C[Si]CC(C)c1ccccc1. The lowest BCUT2D eigenvalue weighted by molar-refractivity contribution is 0.859. The van der Waals surface area contributed by atoms with Gasteiger partial charge in [-0.15, -0.1) is 0 Å². The Bertz CT molecular complexity index is 193. The van der Waals surface area contributed by atoms with Crippen molar-refractivity contribution in [3.05, 3.63) is 35.9 Å². The molecule has 58 valence electrons. The second-order valence-corrected chi connectivity index (χ2v) is 3.98. The van der Waals surface area contributed by atoms with Crippen LogP contribution in [0, 0.1) is 0 Å². The standard InChI is InChI=1S/C10H14Si/c1-9(8-11-2)10-6-4-3-5-7-10/h3-7,9H,8H2,1-2H3. The lowest BCUT2D eigenvalue weighted by Gasteiger charge is -2.08. The highest BCUT2D eigenvalue weighted by Crippen LogP contribution is 2.17. The fraction of sp³-hybridized carbons (Fsp3) is 0.400. The van der Waals surface area contributed by atoms with Gasteiger partial charge < -0.3 is 0 Å². The summed E-state index contributed by atoms with van der Waals surface area (Å²) in [4.78, 5) is 0. The number of hydrogen-bond donors (Lipinski definition) is 0. The molecule has 0 aromatic heterocycles. The van der Waals surface area contributed by atoms with E-state index in [1.165, 1.54) is 11.6 Å². The molecule has 0 N–H and O–H groups in total. The summed E-state index contributed by atoms with van der Waals surface area (Å²) in [5.41, 5.74) is 1.47. The smallest absolute Gasteiger partial charge is 0.0348 e. The minimum absolute atomic E-state index is 0.736. The topological polar surface area (TPSA) is 0 Å². The molecule has 1 rings (SSSR count). The molecular formula is C10H14Si. The zero-order valence-electron chi connectivity index (χ0n) is 7.17. The van der Waals surface area contributed by atoms with Crippen LogP contribution < -0.4 is 0 Å². The van der Waals surface area contributed by atoms with Crippen molar-refractivity contribution in [3.8, 4) is 0 Å². The van der Waals surface area contributed by atoms with Crippen LogP contribution in [0.5, 0.6) is 0 Å². The summed E-state index contributed by atoms with van der Waals surface area (Å²) in [5.74, 6) is 0.736. The Morgan fingerprint density at radius 1 is 1.27 bits per heavy atom. The Kier molecular flexibility index (Phi) is 3.37. The Morgan fingerprint density at radius 2 is 1.91 bits per heavy atom. The summed E-state index contributed by atoms with van der Waals surface area (Å²) in [5, 5.41) is 0. The van der Waals surface area contributed by atoms with Crippen molar-refractivity contribution in [2.75, 3.05) is 0 Å². The van der Waals surface area contributed by atoms with Gasteiger partial charge in [0.25, 0.3) is 0 Å². The minimum Gasteiger partial charge on any atom is -0.0733 e. The molecule has 0 fully saturated rings. The van der Waals surface area contributed by atoms with E-state index < -0.39 is 0 Å². The van der Waals surface area contributed by atoms with Crippen LogP contribution in [0.3, 0.4) is 0 Å². The van der Waals surface area contributed by atoms with Crippen molar-refractivity contribution in [3.63, 3.8) is 0 Å². The Labute approximate surface area is 71.5 Å². The van der Waals surface area contributed by atoms with E-state index in [0.717, 1.165) is 15.4 Å². The van der Waals surface area contributed by atoms with Crippen LogP contribution in [0.2, 0.25) is 12.6 Å². The summed E-state index contributed by atoms with van der Waals surface area (Å²) in [6.45, 7) is 4.56. The average Bonchev–Trinajstić information content (AvgIpc) is 2.07. The van der Waals surface area contributed by atoms with Gasteiger partial charge in [0, 0.05) is 9.52 Å². The summed E-state index contributed by atoms with van der Waals surface area (Å²) >= 11 is 0. The molecule has 0 bridgehead atoms. The monoisotopic (exact) mass is 162 g/mol. The summed E-state index contributed by atoms with van der Waals surface area (Å²) in [6.07, 6.45) is 0. The van der Waals surface area contributed by atoms with Crippen LogP contribution in [0.4, 0.5) is 0 Å². The van der Waals surface area contributed by atoms with Gasteiger partial charge in [-0.1, -0.05) is 49.8 Å². The lowest BCUT2D eigenvalue weighted by Crippen LogP contribution is -1.94. The van der Waals surface area contributed by atoms with Crippen LogP contribution in [0.25, 0.3) is 0 Å². The van der Waals surface area contributed by atoms with Crippen molar-refractivity contribution in [2.45, 2.75) is 25.4 Å². The van der Waals surface area contributed by atoms with Gasteiger partial charge in [-0.2, -0.15) is 0 Å². The van der Waals surface area contributed by atoms with Crippen molar-refractivity contribution in [2.24, 2.45) is 0 Å². The molecule has 1 aromatic carbocycles. The van der Waals surface area contributed by atoms with E-state index in [2.05, 4.69) is 43.8 Å². The van der Waals surface area contributed by atoms with Gasteiger partial charge in [0.1, 0.15) is 0 Å². The lowest BCUT2D eigenvalue weighted by atomic mass is 10.0. The Morgan fingerprint density at radius 3 is 2.45 bits per heavy atom. The third kappa shape index (κ3) is 2.50. The van der Waals surface area contributed by atoms with Crippen LogP contribution >= 0.6 is 0 Å². The molecule has 0 saturated carbocycles. The van der Waals surface area contributed by atoms with E-state index in [-0.39, 0.29) is 0 Å². The minimum atomic E-state index is 0.736. The normalized spacial score (nSPS) is 12.9. The first-order valence-electron chi connectivity index (χ1n) is 4.04. The van der Waals surface area contributed by atoms with Crippen LogP contribution in [-0.4, -0.2) is 9.52 Å². The molecule has 0 amide bonds. The van der Waals surface area contributed by atoms with Crippen LogP contribution in [0.1, 0.15) is 18.4 Å². The van der Waals surface area contributed by atoms with E-state index in [1.807, 2.05) is 0 Å². The highest BCUT2D eigenvalue weighted by Gasteiger charge is 2.01. The second kappa shape index (κ2) is 4.34. The quantitative estimate of drug-likeness (QED) is 0.599. The molecule has 0 saturated heterocycles. The van der Waals surface area contributed by atoms with E-state index in [4.69, 9.17) is 0 Å². The molecule has 0 aliphatic carbocycles. The van der Waals surface area contributed by atoms with Gasteiger partial charge in [0.05, 0.1) is 0 Å². The van der Waals surface area contributed by atoms with Gasteiger partial charge >= 0.3 is 0 Å². The molecule has 1 atom stereocenters.